The summed E-state index contributed by atoms with van der Waals surface area (Å²) in [5, 5.41) is 5.54. The molecule has 2 amide bonds. The molecule has 1 aromatic carbocycles. The first-order valence-corrected chi connectivity index (χ1v) is 9.32. The zero-order valence-corrected chi connectivity index (χ0v) is 16.2. The summed E-state index contributed by atoms with van der Waals surface area (Å²) in [6, 6.07) is 7.72. The first-order chi connectivity index (χ1) is 12.5. The minimum absolute atomic E-state index is 0.00614. The smallest absolute Gasteiger partial charge is 0.251 e. The molecule has 1 rings (SSSR count). The zero-order valence-electron chi connectivity index (χ0n) is 16.2. The fourth-order valence-corrected chi connectivity index (χ4v) is 2.37. The Morgan fingerprint density at radius 1 is 0.962 bits per heavy atom. The molecule has 0 fully saturated rings. The average Bonchev–Trinajstić information content (AvgIpc) is 2.60. The topological polar surface area (TPSA) is 76.7 Å². The van der Waals surface area contributed by atoms with Gasteiger partial charge in [-0.1, -0.05) is 26.0 Å². The number of hydrogen-bond donors (Lipinski definition) is 2. The maximum absolute atomic E-state index is 12.0. The van der Waals surface area contributed by atoms with Gasteiger partial charge in [0.2, 0.25) is 5.91 Å². The number of benzene rings is 1. The third-order valence-corrected chi connectivity index (χ3v) is 3.61. The Bertz CT molecular complexity index is 529. The summed E-state index contributed by atoms with van der Waals surface area (Å²) >= 11 is 0. The maximum Gasteiger partial charge on any atom is 0.251 e. The minimum atomic E-state index is -0.0946. The highest BCUT2D eigenvalue weighted by molar-refractivity contribution is 5.94. The molecular formula is C20H32N2O4. The SMILES string of the molecule is CCNC(=O)CCOCCOCCNC(=O)c1ccc(CC(C)C)cc1. The van der Waals surface area contributed by atoms with Gasteiger partial charge in [-0.25, -0.2) is 0 Å². The van der Waals surface area contributed by atoms with Crippen molar-refractivity contribution in [3.05, 3.63) is 35.4 Å². The molecule has 0 heterocycles. The number of nitrogens with one attached hydrogen (secondary N) is 2. The minimum Gasteiger partial charge on any atom is -0.379 e. The van der Waals surface area contributed by atoms with Gasteiger partial charge in [0, 0.05) is 25.1 Å². The van der Waals surface area contributed by atoms with Crippen molar-refractivity contribution in [2.75, 3.05) is 39.5 Å². The van der Waals surface area contributed by atoms with E-state index in [2.05, 4.69) is 24.5 Å². The summed E-state index contributed by atoms with van der Waals surface area (Å²) in [6.45, 7) is 9.01. The number of rotatable bonds is 13. The Labute approximate surface area is 156 Å². The van der Waals surface area contributed by atoms with Gasteiger partial charge in [0.1, 0.15) is 0 Å². The second-order valence-corrected chi connectivity index (χ2v) is 6.48. The van der Waals surface area contributed by atoms with Crippen LogP contribution >= 0.6 is 0 Å². The lowest BCUT2D eigenvalue weighted by atomic mass is 10.0. The molecule has 6 heteroatoms. The van der Waals surface area contributed by atoms with Gasteiger partial charge in [-0.3, -0.25) is 9.59 Å². The standard InChI is InChI=1S/C20H32N2O4/c1-4-21-19(23)9-11-25-13-14-26-12-10-22-20(24)18-7-5-17(6-8-18)15-16(2)3/h5-8,16H,4,9-15H2,1-3H3,(H,21,23)(H,22,24). The summed E-state index contributed by atoms with van der Waals surface area (Å²) in [6.07, 6.45) is 1.38. The Hall–Kier alpha value is -1.92. The molecule has 1 aromatic rings. The van der Waals surface area contributed by atoms with E-state index in [1.165, 1.54) is 5.56 Å². The van der Waals surface area contributed by atoms with Gasteiger partial charge in [0.25, 0.3) is 5.91 Å². The predicted molar refractivity (Wildman–Crippen MR) is 102 cm³/mol. The Morgan fingerprint density at radius 2 is 1.62 bits per heavy atom. The third-order valence-electron chi connectivity index (χ3n) is 3.61. The molecule has 0 saturated carbocycles. The molecule has 0 aromatic heterocycles. The normalized spacial score (nSPS) is 10.8. The molecular weight excluding hydrogens is 332 g/mol. The van der Waals surface area contributed by atoms with Gasteiger partial charge in [-0.15, -0.1) is 0 Å². The van der Waals surface area contributed by atoms with Crippen LogP contribution in [0.25, 0.3) is 0 Å². The lowest BCUT2D eigenvalue weighted by molar-refractivity contribution is -0.122. The molecule has 0 unspecified atom stereocenters. The van der Waals surface area contributed by atoms with Crippen LogP contribution in [0.15, 0.2) is 24.3 Å². The van der Waals surface area contributed by atoms with E-state index in [1.54, 1.807) is 0 Å². The van der Waals surface area contributed by atoms with Crippen LogP contribution in [0.4, 0.5) is 0 Å². The fraction of sp³-hybridized carbons (Fsp3) is 0.600. The number of carbonyl (C=O) groups excluding carboxylic acids is 2. The molecule has 6 nitrogen and oxygen atoms in total. The predicted octanol–water partition coefficient (Wildman–Crippen LogP) is 2.17. The lowest BCUT2D eigenvalue weighted by Gasteiger charge is -2.08. The largest absolute Gasteiger partial charge is 0.379 e. The second-order valence-electron chi connectivity index (χ2n) is 6.48. The van der Waals surface area contributed by atoms with Crippen molar-refractivity contribution in [1.82, 2.24) is 10.6 Å². The van der Waals surface area contributed by atoms with Crippen molar-refractivity contribution in [3.63, 3.8) is 0 Å². The highest BCUT2D eigenvalue weighted by Crippen LogP contribution is 2.09. The van der Waals surface area contributed by atoms with Crippen LogP contribution in [0, 0.1) is 5.92 Å². The van der Waals surface area contributed by atoms with E-state index in [9.17, 15) is 9.59 Å². The van der Waals surface area contributed by atoms with Crippen LogP contribution in [0.5, 0.6) is 0 Å². The van der Waals surface area contributed by atoms with Crippen LogP contribution in [-0.2, 0) is 20.7 Å². The molecule has 0 atom stereocenters. The van der Waals surface area contributed by atoms with Crippen LogP contribution in [-0.4, -0.2) is 51.3 Å². The molecule has 26 heavy (non-hydrogen) atoms. The molecule has 146 valence electrons. The summed E-state index contributed by atoms with van der Waals surface area (Å²) in [4.78, 5) is 23.2. The molecule has 2 N–H and O–H groups in total. The monoisotopic (exact) mass is 364 g/mol. The maximum atomic E-state index is 12.0. The Balaban J connectivity index is 2.05. The first kappa shape index (κ1) is 22.1. The van der Waals surface area contributed by atoms with Crippen molar-refractivity contribution in [3.8, 4) is 0 Å². The van der Waals surface area contributed by atoms with Crippen molar-refractivity contribution in [2.24, 2.45) is 5.92 Å². The van der Waals surface area contributed by atoms with Crippen molar-refractivity contribution < 1.29 is 19.1 Å². The van der Waals surface area contributed by atoms with Gasteiger partial charge in [-0.2, -0.15) is 0 Å². The van der Waals surface area contributed by atoms with Gasteiger partial charge in [0.15, 0.2) is 0 Å². The highest BCUT2D eigenvalue weighted by atomic mass is 16.5. The van der Waals surface area contributed by atoms with Crippen LogP contribution in [0.3, 0.4) is 0 Å². The van der Waals surface area contributed by atoms with E-state index in [-0.39, 0.29) is 11.8 Å². The molecule has 0 bridgehead atoms. The van der Waals surface area contributed by atoms with Crippen LogP contribution in [0.1, 0.15) is 43.1 Å². The molecule has 0 spiro atoms. The molecule has 0 aliphatic rings. The van der Waals surface area contributed by atoms with Crippen molar-refractivity contribution in [2.45, 2.75) is 33.6 Å². The van der Waals surface area contributed by atoms with E-state index in [0.29, 0.717) is 57.4 Å². The zero-order chi connectivity index (χ0) is 19.2. The summed E-state index contributed by atoms with van der Waals surface area (Å²) in [7, 11) is 0. The van der Waals surface area contributed by atoms with Gasteiger partial charge < -0.3 is 20.1 Å². The summed E-state index contributed by atoms with van der Waals surface area (Å²) in [5.41, 5.74) is 1.90. The third kappa shape index (κ3) is 10.2. The fourth-order valence-electron chi connectivity index (χ4n) is 2.37. The highest BCUT2D eigenvalue weighted by Gasteiger charge is 2.05. The van der Waals surface area contributed by atoms with Gasteiger partial charge in [-0.05, 0) is 37.0 Å². The van der Waals surface area contributed by atoms with Crippen LogP contribution in [0.2, 0.25) is 0 Å². The average molecular weight is 364 g/mol. The molecule has 0 aliphatic heterocycles. The molecule has 0 saturated heterocycles. The first-order valence-electron chi connectivity index (χ1n) is 9.32. The van der Waals surface area contributed by atoms with Crippen molar-refractivity contribution in [1.29, 1.82) is 0 Å². The number of amides is 2. The van der Waals surface area contributed by atoms with Crippen LogP contribution < -0.4 is 10.6 Å². The van der Waals surface area contributed by atoms with Gasteiger partial charge in [0.05, 0.1) is 26.4 Å². The lowest BCUT2D eigenvalue weighted by Crippen LogP contribution is -2.27. The Morgan fingerprint density at radius 3 is 2.23 bits per heavy atom. The molecule has 0 radical (unpaired) electrons. The molecule has 0 aliphatic carbocycles. The Kier molecular flexibility index (Phi) is 11.3. The van der Waals surface area contributed by atoms with E-state index in [1.807, 2.05) is 31.2 Å². The number of ether oxygens (including phenoxy) is 2. The quantitative estimate of drug-likeness (QED) is 0.526. The van der Waals surface area contributed by atoms with E-state index in [4.69, 9.17) is 9.47 Å². The second kappa shape index (κ2) is 13.3. The van der Waals surface area contributed by atoms with E-state index < -0.39 is 0 Å². The summed E-state index contributed by atoms with van der Waals surface area (Å²) < 4.78 is 10.7. The number of carbonyl (C=O) groups is 2. The number of hydrogen-bond acceptors (Lipinski definition) is 4. The van der Waals surface area contributed by atoms with Crippen molar-refractivity contribution >= 4 is 11.8 Å². The van der Waals surface area contributed by atoms with E-state index in [0.717, 1.165) is 6.42 Å². The summed E-state index contributed by atoms with van der Waals surface area (Å²) in [5.74, 6) is 0.501. The van der Waals surface area contributed by atoms with E-state index >= 15 is 0 Å². The van der Waals surface area contributed by atoms with Gasteiger partial charge >= 0.3 is 0 Å².